The van der Waals surface area contributed by atoms with Gasteiger partial charge in [-0.2, -0.15) is 0 Å². The topological polar surface area (TPSA) is 84.6 Å². The van der Waals surface area contributed by atoms with Crippen LogP contribution in [0, 0.1) is 0 Å². The molecule has 0 bridgehead atoms. The third kappa shape index (κ3) is 3.18. The van der Waals surface area contributed by atoms with Crippen LogP contribution in [0.15, 0.2) is 6.20 Å². The minimum absolute atomic E-state index is 0.0691. The van der Waals surface area contributed by atoms with Crippen molar-refractivity contribution in [3.63, 3.8) is 0 Å². The molecule has 2 atom stereocenters. The molecule has 0 aliphatic heterocycles. The molecule has 0 amide bonds. The molecule has 0 aliphatic rings. The zero-order chi connectivity index (χ0) is 13.0. The molecular weight excluding hydrogens is 248 g/mol. The molecule has 7 heteroatoms. The average molecular weight is 263 g/mol. The smallest absolute Gasteiger partial charge is 0.374 e. The van der Waals surface area contributed by atoms with Crippen LogP contribution in [0.1, 0.15) is 28.8 Å². The van der Waals surface area contributed by atoms with E-state index in [1.807, 2.05) is 0 Å². The summed E-state index contributed by atoms with van der Waals surface area (Å²) in [5.41, 5.74) is 0.213. The Morgan fingerprint density at radius 3 is 2.82 bits per heavy atom. The number of aromatic nitrogens is 2. The Kier molecular flexibility index (Phi) is 4.92. The normalized spacial score (nSPS) is 14.4. The lowest BCUT2D eigenvalue weighted by Gasteiger charge is -2.14. The number of carbonyl (C=O) groups excluding carboxylic acids is 1. The fourth-order valence-corrected chi connectivity index (χ4v) is 1.60. The number of alkyl halides is 1. The molecule has 0 spiro atoms. The number of hydrogen-bond donors (Lipinski definition) is 2. The van der Waals surface area contributed by atoms with Crippen LogP contribution in [0.2, 0.25) is 0 Å². The third-order valence-electron chi connectivity index (χ3n) is 2.34. The fourth-order valence-electron chi connectivity index (χ4n) is 1.38. The number of nitrogens with zero attached hydrogens (tertiary/aromatic N) is 2. The molecule has 1 aromatic heterocycles. The second-order valence-electron chi connectivity index (χ2n) is 3.58. The van der Waals surface area contributed by atoms with Gasteiger partial charge in [-0.25, -0.2) is 9.78 Å². The molecule has 1 heterocycles. The molecule has 96 valence electrons. The van der Waals surface area contributed by atoms with E-state index in [-0.39, 0.29) is 23.8 Å². The molecule has 0 saturated heterocycles. The molecule has 0 saturated carbocycles. The van der Waals surface area contributed by atoms with Crippen molar-refractivity contribution in [1.82, 2.24) is 9.55 Å². The van der Waals surface area contributed by atoms with Crippen molar-refractivity contribution in [3.05, 3.63) is 17.7 Å². The van der Waals surface area contributed by atoms with Crippen LogP contribution in [-0.2, 0) is 11.8 Å². The molecule has 0 radical (unpaired) electrons. The fraction of sp³-hybridized carbons (Fsp3) is 0.600. The number of aliphatic hydroxyl groups is 2. The van der Waals surface area contributed by atoms with Gasteiger partial charge in [0.05, 0.1) is 18.9 Å². The number of hydrogen-bond acceptors (Lipinski definition) is 5. The summed E-state index contributed by atoms with van der Waals surface area (Å²) >= 11 is 5.47. The molecule has 0 aromatic carbocycles. The predicted octanol–water partition coefficient (Wildman–Crippen LogP) is 0.230. The van der Waals surface area contributed by atoms with Crippen LogP contribution in [0.4, 0.5) is 0 Å². The van der Waals surface area contributed by atoms with E-state index in [0.717, 1.165) is 0 Å². The number of rotatable bonds is 5. The maximum atomic E-state index is 11.3. The van der Waals surface area contributed by atoms with Crippen LogP contribution < -0.4 is 0 Å². The van der Waals surface area contributed by atoms with Crippen molar-refractivity contribution >= 4 is 17.6 Å². The van der Waals surface area contributed by atoms with Gasteiger partial charge in [0.2, 0.25) is 5.82 Å². The van der Waals surface area contributed by atoms with E-state index in [4.69, 9.17) is 11.6 Å². The van der Waals surface area contributed by atoms with Gasteiger partial charge in [-0.15, -0.1) is 11.6 Å². The van der Waals surface area contributed by atoms with Gasteiger partial charge in [-0.1, -0.05) is 0 Å². The van der Waals surface area contributed by atoms with E-state index in [1.54, 1.807) is 7.05 Å². The SMILES string of the molecule is COC(=O)c1nc(C(O)C(O)CCCl)cn1C. The maximum absolute atomic E-state index is 11.3. The van der Waals surface area contributed by atoms with Gasteiger partial charge in [-0.05, 0) is 6.42 Å². The Labute approximate surface area is 104 Å². The number of carbonyl (C=O) groups is 1. The Hall–Kier alpha value is -1.11. The standard InChI is InChI=1S/C10H15ClN2O4/c1-13-5-6(8(15)7(14)3-4-11)12-9(13)10(16)17-2/h5,7-8,14-15H,3-4H2,1-2H3. The van der Waals surface area contributed by atoms with E-state index in [0.29, 0.717) is 0 Å². The van der Waals surface area contributed by atoms with Crippen molar-refractivity contribution in [2.75, 3.05) is 13.0 Å². The number of imidazole rings is 1. The second-order valence-corrected chi connectivity index (χ2v) is 3.96. The van der Waals surface area contributed by atoms with Crippen LogP contribution in [0.5, 0.6) is 0 Å². The van der Waals surface area contributed by atoms with Crippen molar-refractivity contribution in [2.45, 2.75) is 18.6 Å². The summed E-state index contributed by atoms with van der Waals surface area (Å²) in [5.74, 6) is -0.299. The minimum Gasteiger partial charge on any atom is -0.463 e. The van der Waals surface area contributed by atoms with E-state index < -0.39 is 18.2 Å². The molecule has 17 heavy (non-hydrogen) atoms. The Bertz CT molecular complexity index is 394. The first kappa shape index (κ1) is 14.0. The van der Waals surface area contributed by atoms with E-state index in [9.17, 15) is 15.0 Å². The summed E-state index contributed by atoms with van der Waals surface area (Å²) in [5, 5.41) is 19.3. The Morgan fingerprint density at radius 2 is 2.29 bits per heavy atom. The highest BCUT2D eigenvalue weighted by atomic mass is 35.5. The second kappa shape index (κ2) is 6.00. The van der Waals surface area contributed by atoms with Crippen molar-refractivity contribution in [1.29, 1.82) is 0 Å². The van der Waals surface area contributed by atoms with Crippen LogP contribution in [0.25, 0.3) is 0 Å². The summed E-state index contributed by atoms with van der Waals surface area (Å²) in [6.45, 7) is 0. The predicted molar refractivity (Wildman–Crippen MR) is 60.9 cm³/mol. The van der Waals surface area contributed by atoms with Gasteiger partial charge < -0.3 is 19.5 Å². The maximum Gasteiger partial charge on any atom is 0.374 e. The molecule has 1 rings (SSSR count). The highest BCUT2D eigenvalue weighted by molar-refractivity contribution is 6.17. The summed E-state index contributed by atoms with van der Waals surface area (Å²) < 4.78 is 5.96. The summed E-state index contributed by atoms with van der Waals surface area (Å²) in [6, 6.07) is 0. The van der Waals surface area contributed by atoms with Gasteiger partial charge in [-0.3, -0.25) is 0 Å². The van der Waals surface area contributed by atoms with E-state index >= 15 is 0 Å². The first-order chi connectivity index (χ1) is 8.01. The molecule has 2 unspecified atom stereocenters. The number of methoxy groups -OCH3 is 1. The lowest BCUT2D eigenvalue weighted by Crippen LogP contribution is -2.19. The van der Waals surface area contributed by atoms with E-state index in [2.05, 4.69) is 9.72 Å². The largest absolute Gasteiger partial charge is 0.463 e. The van der Waals surface area contributed by atoms with E-state index in [1.165, 1.54) is 17.9 Å². The first-order valence-electron chi connectivity index (χ1n) is 5.05. The monoisotopic (exact) mass is 262 g/mol. The Balaban J connectivity index is 2.89. The summed E-state index contributed by atoms with van der Waals surface area (Å²) in [7, 11) is 2.85. The highest BCUT2D eigenvalue weighted by Crippen LogP contribution is 2.18. The van der Waals surface area contributed by atoms with Crippen LogP contribution in [0.3, 0.4) is 0 Å². The number of halogens is 1. The molecule has 1 aromatic rings. The van der Waals surface area contributed by atoms with Crippen LogP contribution >= 0.6 is 11.6 Å². The summed E-state index contributed by atoms with van der Waals surface area (Å²) in [4.78, 5) is 15.2. The van der Waals surface area contributed by atoms with Gasteiger partial charge in [0, 0.05) is 19.1 Å². The van der Waals surface area contributed by atoms with Crippen LogP contribution in [-0.4, -0.2) is 44.8 Å². The number of ether oxygens (including phenoxy) is 1. The Morgan fingerprint density at radius 1 is 1.65 bits per heavy atom. The lowest BCUT2D eigenvalue weighted by molar-refractivity contribution is 0.0145. The summed E-state index contributed by atoms with van der Waals surface area (Å²) in [6.07, 6.45) is -0.465. The third-order valence-corrected chi connectivity index (χ3v) is 2.55. The quantitative estimate of drug-likeness (QED) is 0.586. The van der Waals surface area contributed by atoms with Gasteiger partial charge in [0.1, 0.15) is 6.10 Å². The number of aliphatic hydroxyl groups excluding tert-OH is 2. The minimum atomic E-state index is -1.17. The molecule has 2 N–H and O–H groups in total. The number of aryl methyl sites for hydroxylation is 1. The van der Waals surface area contributed by atoms with Crippen molar-refractivity contribution in [2.24, 2.45) is 7.05 Å². The zero-order valence-corrected chi connectivity index (χ0v) is 10.4. The molecule has 0 aliphatic carbocycles. The van der Waals surface area contributed by atoms with Gasteiger partial charge in [0.15, 0.2) is 0 Å². The highest BCUT2D eigenvalue weighted by Gasteiger charge is 2.23. The van der Waals surface area contributed by atoms with Gasteiger partial charge in [0.25, 0.3) is 0 Å². The van der Waals surface area contributed by atoms with Crippen molar-refractivity contribution in [3.8, 4) is 0 Å². The molecule has 0 fully saturated rings. The van der Waals surface area contributed by atoms with Gasteiger partial charge >= 0.3 is 5.97 Å². The molecular formula is C10H15ClN2O4. The lowest BCUT2D eigenvalue weighted by atomic mass is 10.1. The van der Waals surface area contributed by atoms with Crippen molar-refractivity contribution < 1.29 is 19.7 Å². The number of esters is 1. The average Bonchev–Trinajstić information content (AvgIpc) is 2.69. The molecule has 6 nitrogen and oxygen atoms in total. The zero-order valence-electron chi connectivity index (χ0n) is 9.63. The first-order valence-corrected chi connectivity index (χ1v) is 5.58.